The maximum absolute atomic E-state index is 12.3. The number of hydrogen-bond acceptors (Lipinski definition) is 6. The Labute approximate surface area is 198 Å². The zero-order valence-electron chi connectivity index (χ0n) is 18.9. The van der Waals surface area contributed by atoms with Crippen LogP contribution in [0.5, 0.6) is 11.5 Å². The Balaban J connectivity index is 1.79. The van der Waals surface area contributed by atoms with Crippen molar-refractivity contribution >= 4 is 16.9 Å². The molecule has 0 saturated heterocycles. The van der Waals surface area contributed by atoms with Gasteiger partial charge in [0.1, 0.15) is 35.3 Å². The third-order valence-electron chi connectivity index (χ3n) is 5.67. The van der Waals surface area contributed by atoms with E-state index in [0.29, 0.717) is 39.8 Å². The number of carboxylic acid groups (broad SMARTS) is 1. The fraction of sp³-hybridized carbons (Fsp3) is 0.115. The lowest BCUT2D eigenvalue weighted by atomic mass is 10.1. The summed E-state index contributed by atoms with van der Waals surface area (Å²) in [7, 11) is 1.55. The molecule has 0 saturated carbocycles. The number of methoxy groups -OCH3 is 1. The van der Waals surface area contributed by atoms with Gasteiger partial charge in [0.25, 0.3) is 0 Å². The summed E-state index contributed by atoms with van der Waals surface area (Å²) < 4.78 is 12.7. The van der Waals surface area contributed by atoms with Crippen LogP contribution in [0.25, 0.3) is 45.0 Å². The fourth-order valence-electron chi connectivity index (χ4n) is 4.13. The molecule has 9 nitrogen and oxygen atoms in total. The smallest absolute Gasteiger partial charge is 0.323 e. The van der Waals surface area contributed by atoms with E-state index >= 15 is 0 Å². The van der Waals surface area contributed by atoms with Crippen LogP contribution in [0.15, 0.2) is 70.0 Å². The molecule has 35 heavy (non-hydrogen) atoms. The molecule has 5 aromatic rings. The minimum Gasteiger partial charge on any atom is -0.501 e. The number of imidazole rings is 1. The number of aliphatic carboxylic acids is 1. The first-order valence-electron chi connectivity index (χ1n) is 10.7. The first kappa shape index (κ1) is 22.0. The molecular weight excluding hydrogens is 450 g/mol. The lowest BCUT2D eigenvalue weighted by Crippen LogP contribution is -2.07. The number of carboxylic acids is 1. The number of ether oxygens (including phenoxy) is 1. The van der Waals surface area contributed by atoms with Gasteiger partial charge in [-0.05, 0) is 25.1 Å². The molecule has 0 unspecified atom stereocenters. The zero-order chi connectivity index (χ0) is 24.7. The molecule has 3 heterocycles. The van der Waals surface area contributed by atoms with E-state index in [2.05, 4.69) is 4.98 Å². The van der Waals surface area contributed by atoms with Crippen molar-refractivity contribution in [3.8, 4) is 45.6 Å². The minimum atomic E-state index is -0.971. The average molecular weight is 471 g/mol. The number of aromatic hydroxyl groups is 1. The van der Waals surface area contributed by atoms with E-state index in [9.17, 15) is 19.8 Å². The third kappa shape index (κ3) is 3.93. The second kappa shape index (κ2) is 8.53. The van der Waals surface area contributed by atoms with Crippen molar-refractivity contribution in [2.24, 2.45) is 0 Å². The van der Waals surface area contributed by atoms with Gasteiger partial charge in [0.15, 0.2) is 5.76 Å². The maximum atomic E-state index is 12.3. The van der Waals surface area contributed by atoms with Crippen LogP contribution in [-0.2, 0) is 11.3 Å². The van der Waals surface area contributed by atoms with Crippen molar-refractivity contribution in [2.45, 2.75) is 13.5 Å². The summed E-state index contributed by atoms with van der Waals surface area (Å²) in [6, 6.07) is 15.8. The van der Waals surface area contributed by atoms with E-state index in [-0.39, 0.29) is 12.3 Å². The van der Waals surface area contributed by atoms with E-state index in [0.717, 1.165) is 10.9 Å². The van der Waals surface area contributed by atoms with E-state index in [1.165, 1.54) is 6.07 Å². The quantitative estimate of drug-likeness (QED) is 0.334. The van der Waals surface area contributed by atoms with E-state index < -0.39 is 17.1 Å². The predicted molar refractivity (Wildman–Crippen MR) is 130 cm³/mol. The lowest BCUT2D eigenvalue weighted by molar-refractivity contribution is -0.137. The number of hydrogen-bond donors (Lipinski definition) is 3. The third-order valence-corrected chi connectivity index (χ3v) is 5.67. The van der Waals surface area contributed by atoms with Crippen molar-refractivity contribution < 1.29 is 24.2 Å². The summed E-state index contributed by atoms with van der Waals surface area (Å²) in [6.45, 7) is 1.40. The maximum Gasteiger partial charge on any atom is 0.323 e. The topological polar surface area (TPSA) is 131 Å². The van der Waals surface area contributed by atoms with Crippen LogP contribution < -0.4 is 10.2 Å². The molecule has 0 atom stereocenters. The second-order valence-electron chi connectivity index (χ2n) is 8.02. The Bertz CT molecular complexity index is 1640. The van der Waals surface area contributed by atoms with Crippen molar-refractivity contribution in [1.82, 2.24) is 14.5 Å². The molecule has 0 spiro atoms. The highest BCUT2D eigenvalue weighted by molar-refractivity contribution is 5.96. The van der Waals surface area contributed by atoms with Gasteiger partial charge >= 0.3 is 5.97 Å². The van der Waals surface area contributed by atoms with Gasteiger partial charge in [-0.25, -0.2) is 4.98 Å². The molecule has 0 aliphatic carbocycles. The molecule has 3 aromatic heterocycles. The summed E-state index contributed by atoms with van der Waals surface area (Å²) in [4.78, 5) is 31.7. The zero-order valence-corrected chi connectivity index (χ0v) is 18.9. The van der Waals surface area contributed by atoms with Crippen LogP contribution in [0.2, 0.25) is 0 Å². The predicted octanol–water partition coefficient (Wildman–Crippen LogP) is 4.43. The van der Waals surface area contributed by atoms with Gasteiger partial charge in [0.05, 0.1) is 7.11 Å². The molecule has 0 fully saturated rings. The van der Waals surface area contributed by atoms with Gasteiger partial charge in [-0.1, -0.05) is 30.3 Å². The molecule has 2 aromatic carbocycles. The Kier molecular flexibility index (Phi) is 5.37. The normalized spacial score (nSPS) is 11.1. The number of rotatable bonds is 6. The van der Waals surface area contributed by atoms with Crippen LogP contribution in [0.1, 0.15) is 5.76 Å². The molecule has 9 heteroatoms. The van der Waals surface area contributed by atoms with Gasteiger partial charge in [-0.15, -0.1) is 0 Å². The minimum absolute atomic E-state index is 0.0409. The molecule has 0 amide bonds. The average Bonchev–Trinajstić information content (AvgIpc) is 3.43. The number of nitrogens with one attached hydrogen (secondary N) is 1. The van der Waals surface area contributed by atoms with E-state index in [1.807, 2.05) is 30.3 Å². The highest BCUT2D eigenvalue weighted by Crippen LogP contribution is 2.39. The summed E-state index contributed by atoms with van der Waals surface area (Å²) in [5.41, 5.74) is 2.22. The van der Waals surface area contributed by atoms with Crippen LogP contribution in [0, 0.1) is 6.92 Å². The Morgan fingerprint density at radius 2 is 1.97 bits per heavy atom. The van der Waals surface area contributed by atoms with Crippen molar-refractivity contribution in [3.63, 3.8) is 0 Å². The van der Waals surface area contributed by atoms with Crippen molar-refractivity contribution in [3.05, 3.63) is 76.8 Å². The monoisotopic (exact) mass is 471 g/mol. The molecule has 0 aliphatic rings. The molecule has 0 aliphatic heterocycles. The van der Waals surface area contributed by atoms with Crippen LogP contribution in [0.3, 0.4) is 0 Å². The number of fused-ring (bicyclic) bond motifs is 1. The number of carbonyl (C=O) groups is 1. The van der Waals surface area contributed by atoms with E-state index in [4.69, 9.17) is 14.1 Å². The first-order valence-corrected chi connectivity index (χ1v) is 10.7. The van der Waals surface area contributed by atoms with Crippen LogP contribution in [0.4, 0.5) is 0 Å². The highest BCUT2D eigenvalue weighted by atomic mass is 16.5. The standard InChI is InChI=1S/C26H21N3O6/c1-14-10-20(30)24(33)25(35-14)23-22(15-6-5-7-16(11-15)34-2)27-26(28-23)18-12-29(13-21(31)32)19-9-4-3-8-17(18)19/h3-12,33H,13H2,1-2H3,(H,27,28)(H,31,32). The largest absolute Gasteiger partial charge is 0.501 e. The molecule has 176 valence electrons. The number of aryl methyl sites for hydroxylation is 1. The molecule has 0 radical (unpaired) electrons. The lowest BCUT2D eigenvalue weighted by Gasteiger charge is -2.06. The summed E-state index contributed by atoms with van der Waals surface area (Å²) in [6.07, 6.45) is 1.71. The number of aromatic nitrogens is 3. The summed E-state index contributed by atoms with van der Waals surface area (Å²) >= 11 is 0. The van der Waals surface area contributed by atoms with Gasteiger partial charge in [0, 0.05) is 34.3 Å². The van der Waals surface area contributed by atoms with Crippen molar-refractivity contribution in [2.75, 3.05) is 7.11 Å². The fourth-order valence-corrected chi connectivity index (χ4v) is 4.13. The SMILES string of the molecule is COc1cccc(-c2nc(-c3cn(CC(=O)O)c4ccccc34)[nH]c2-c2oc(C)cc(=O)c2O)c1. The molecular formula is C26H21N3O6. The Morgan fingerprint density at radius 3 is 2.74 bits per heavy atom. The number of aromatic amines is 1. The highest BCUT2D eigenvalue weighted by Gasteiger charge is 2.24. The number of benzene rings is 2. The van der Waals surface area contributed by atoms with Crippen molar-refractivity contribution in [1.29, 1.82) is 0 Å². The number of H-pyrrole nitrogens is 1. The molecule has 5 rings (SSSR count). The second-order valence-corrected chi connectivity index (χ2v) is 8.02. The summed E-state index contributed by atoms with van der Waals surface area (Å²) in [5, 5.41) is 20.7. The van der Waals surface area contributed by atoms with Gasteiger partial charge in [0.2, 0.25) is 11.2 Å². The Hall–Kier alpha value is -4.79. The van der Waals surface area contributed by atoms with Gasteiger partial charge in [-0.2, -0.15) is 0 Å². The number of para-hydroxylation sites is 1. The van der Waals surface area contributed by atoms with Crippen LogP contribution in [-0.4, -0.2) is 37.8 Å². The van der Waals surface area contributed by atoms with Gasteiger partial charge < -0.3 is 28.9 Å². The molecule has 0 bridgehead atoms. The summed E-state index contributed by atoms with van der Waals surface area (Å²) in [5.74, 6) is -0.202. The van der Waals surface area contributed by atoms with Crippen LogP contribution >= 0.6 is 0 Å². The molecule has 3 N–H and O–H groups in total. The first-order chi connectivity index (χ1) is 16.9. The Morgan fingerprint density at radius 1 is 1.17 bits per heavy atom. The van der Waals surface area contributed by atoms with Gasteiger partial charge in [-0.3, -0.25) is 9.59 Å². The number of nitrogens with zero attached hydrogens (tertiary/aromatic N) is 2. The van der Waals surface area contributed by atoms with E-state index in [1.54, 1.807) is 43.0 Å².